The minimum Gasteiger partial charge on any atom is -0.497 e. The van der Waals surface area contributed by atoms with Crippen LogP contribution in [-0.2, 0) is 4.79 Å². The molecule has 1 aromatic heterocycles. The van der Waals surface area contributed by atoms with Gasteiger partial charge in [-0.2, -0.15) is 0 Å². The van der Waals surface area contributed by atoms with E-state index in [2.05, 4.69) is 10.6 Å². The van der Waals surface area contributed by atoms with Crippen LogP contribution in [0.25, 0.3) is 6.08 Å². The van der Waals surface area contributed by atoms with Gasteiger partial charge in [0.2, 0.25) is 0 Å². The predicted octanol–water partition coefficient (Wildman–Crippen LogP) is 4.79. The van der Waals surface area contributed by atoms with Gasteiger partial charge < -0.3 is 24.5 Å². The molecule has 2 aromatic carbocycles. The summed E-state index contributed by atoms with van der Waals surface area (Å²) in [5.41, 5.74) is 1.81. The van der Waals surface area contributed by atoms with Gasteiger partial charge in [0.25, 0.3) is 11.8 Å². The first-order valence-electron chi connectivity index (χ1n) is 11.0. The maximum atomic E-state index is 13.4. The second kappa shape index (κ2) is 9.47. The number of amides is 2. The Balaban J connectivity index is 1.63. The van der Waals surface area contributed by atoms with Crippen molar-refractivity contribution in [3.8, 4) is 11.5 Å². The number of methoxy groups -OCH3 is 1. The Hall–Kier alpha value is -4.00. The van der Waals surface area contributed by atoms with Crippen molar-refractivity contribution in [2.24, 2.45) is 0 Å². The van der Waals surface area contributed by atoms with E-state index in [9.17, 15) is 9.59 Å². The van der Waals surface area contributed by atoms with Crippen LogP contribution in [0.15, 0.2) is 71.0 Å². The molecule has 7 nitrogen and oxygen atoms in total. The van der Waals surface area contributed by atoms with E-state index in [0.717, 1.165) is 11.1 Å². The number of nitrogens with one attached hydrogen (secondary N) is 2. The van der Waals surface area contributed by atoms with Crippen LogP contribution in [0.2, 0.25) is 0 Å². The van der Waals surface area contributed by atoms with Crippen molar-refractivity contribution in [1.82, 2.24) is 10.6 Å². The van der Waals surface area contributed by atoms with Crippen molar-refractivity contribution < 1.29 is 23.5 Å². The summed E-state index contributed by atoms with van der Waals surface area (Å²) in [7, 11) is 1.59. The van der Waals surface area contributed by atoms with Crippen molar-refractivity contribution in [2.45, 2.75) is 38.8 Å². The first-order valence-corrected chi connectivity index (χ1v) is 11.0. The lowest BCUT2D eigenvalue weighted by atomic mass is 9.89. The zero-order valence-corrected chi connectivity index (χ0v) is 19.7. The molecule has 0 unspecified atom stereocenters. The molecular formula is C27H28N2O5. The Morgan fingerprint density at radius 3 is 2.65 bits per heavy atom. The fourth-order valence-electron chi connectivity index (χ4n) is 3.98. The Morgan fingerprint density at radius 1 is 1.12 bits per heavy atom. The van der Waals surface area contributed by atoms with Crippen LogP contribution in [0.4, 0.5) is 0 Å². The highest BCUT2D eigenvalue weighted by Crippen LogP contribution is 2.41. The minimum atomic E-state index is -0.491. The molecule has 2 N–H and O–H groups in total. The van der Waals surface area contributed by atoms with Crippen LogP contribution in [0.1, 0.15) is 53.6 Å². The summed E-state index contributed by atoms with van der Waals surface area (Å²) < 4.78 is 16.9. The van der Waals surface area contributed by atoms with Crippen LogP contribution >= 0.6 is 0 Å². The summed E-state index contributed by atoms with van der Waals surface area (Å²) >= 11 is 0. The van der Waals surface area contributed by atoms with Gasteiger partial charge in [0, 0.05) is 23.6 Å². The SMILES string of the molecule is COc1ccc2c(c1)[C@H](NC(=O)/C(=C/c1ccco1)NC(=O)c1cccc(C)c1)CC(C)(C)O2. The molecule has 3 aromatic rings. The van der Waals surface area contributed by atoms with Gasteiger partial charge in [-0.3, -0.25) is 9.59 Å². The molecule has 2 amide bonds. The molecule has 1 atom stereocenters. The summed E-state index contributed by atoms with van der Waals surface area (Å²) in [5, 5.41) is 5.81. The molecule has 0 saturated carbocycles. The van der Waals surface area contributed by atoms with E-state index in [1.165, 1.54) is 12.3 Å². The van der Waals surface area contributed by atoms with Gasteiger partial charge in [-0.05, 0) is 63.2 Å². The lowest BCUT2D eigenvalue weighted by Gasteiger charge is -2.38. The fraction of sp³-hybridized carbons (Fsp3) is 0.259. The molecule has 0 radical (unpaired) electrons. The second-order valence-corrected chi connectivity index (χ2v) is 8.89. The van der Waals surface area contributed by atoms with Crippen molar-refractivity contribution in [3.63, 3.8) is 0 Å². The summed E-state index contributed by atoms with van der Waals surface area (Å²) in [6, 6.07) is 15.8. The van der Waals surface area contributed by atoms with Gasteiger partial charge in [0.1, 0.15) is 28.6 Å². The zero-order valence-electron chi connectivity index (χ0n) is 19.7. The number of rotatable bonds is 6. The molecule has 0 bridgehead atoms. The fourth-order valence-corrected chi connectivity index (χ4v) is 3.98. The average Bonchev–Trinajstić information content (AvgIpc) is 3.31. The smallest absolute Gasteiger partial charge is 0.268 e. The monoisotopic (exact) mass is 460 g/mol. The first kappa shape index (κ1) is 23.2. The van der Waals surface area contributed by atoms with Crippen molar-refractivity contribution in [1.29, 1.82) is 0 Å². The van der Waals surface area contributed by atoms with Crippen molar-refractivity contribution in [2.75, 3.05) is 7.11 Å². The number of carbonyl (C=O) groups excluding carboxylic acids is 2. The van der Waals surface area contributed by atoms with Crippen LogP contribution in [0, 0.1) is 6.92 Å². The molecular weight excluding hydrogens is 432 g/mol. The normalized spacial score (nSPS) is 16.7. The third-order valence-electron chi connectivity index (χ3n) is 5.58. The van der Waals surface area contributed by atoms with E-state index in [1.807, 2.05) is 45.0 Å². The van der Waals surface area contributed by atoms with Crippen molar-refractivity contribution >= 4 is 17.9 Å². The molecule has 1 aliphatic rings. The molecule has 1 aliphatic heterocycles. The summed E-state index contributed by atoms with van der Waals surface area (Å²) in [5.74, 6) is 0.979. The van der Waals surface area contributed by atoms with Gasteiger partial charge >= 0.3 is 0 Å². The number of ether oxygens (including phenoxy) is 2. The van der Waals surface area contributed by atoms with E-state index in [1.54, 1.807) is 37.4 Å². The lowest BCUT2D eigenvalue weighted by molar-refractivity contribution is -0.119. The van der Waals surface area contributed by atoms with Crippen LogP contribution in [0.5, 0.6) is 11.5 Å². The van der Waals surface area contributed by atoms with E-state index in [4.69, 9.17) is 13.9 Å². The van der Waals surface area contributed by atoms with Crippen LogP contribution < -0.4 is 20.1 Å². The van der Waals surface area contributed by atoms with Gasteiger partial charge in [0.15, 0.2) is 0 Å². The Bertz CT molecular complexity index is 1230. The molecule has 0 spiro atoms. The van der Waals surface area contributed by atoms with E-state index < -0.39 is 11.5 Å². The van der Waals surface area contributed by atoms with E-state index in [0.29, 0.717) is 29.2 Å². The van der Waals surface area contributed by atoms with Gasteiger partial charge in [-0.1, -0.05) is 17.7 Å². The van der Waals surface area contributed by atoms with Gasteiger partial charge in [0.05, 0.1) is 19.4 Å². The van der Waals surface area contributed by atoms with E-state index in [-0.39, 0.29) is 17.6 Å². The topological polar surface area (TPSA) is 89.8 Å². The number of hydrogen-bond donors (Lipinski definition) is 2. The lowest BCUT2D eigenvalue weighted by Crippen LogP contribution is -2.43. The Labute approximate surface area is 198 Å². The third kappa shape index (κ3) is 5.31. The minimum absolute atomic E-state index is 0.0789. The van der Waals surface area contributed by atoms with Gasteiger partial charge in [-0.25, -0.2) is 0 Å². The maximum absolute atomic E-state index is 13.4. The number of furan rings is 1. The summed E-state index contributed by atoms with van der Waals surface area (Å²) in [6.45, 7) is 5.85. The maximum Gasteiger partial charge on any atom is 0.268 e. The second-order valence-electron chi connectivity index (χ2n) is 8.89. The standard InChI is InChI=1S/C27H28N2O5/c1-17-7-5-8-18(13-17)25(30)28-22(15-20-9-6-12-33-20)26(31)29-23-16-27(2,3)34-24-11-10-19(32-4)14-21(23)24/h5-15,23H,16H2,1-4H3,(H,28,30)(H,29,31)/b22-15-/t23-/m1/s1. The number of aryl methyl sites for hydroxylation is 1. The predicted molar refractivity (Wildman–Crippen MR) is 129 cm³/mol. The van der Waals surface area contributed by atoms with Crippen LogP contribution in [-0.4, -0.2) is 24.5 Å². The highest BCUT2D eigenvalue weighted by molar-refractivity contribution is 6.05. The summed E-state index contributed by atoms with van der Waals surface area (Å²) in [4.78, 5) is 26.4. The number of fused-ring (bicyclic) bond motifs is 1. The Kier molecular flexibility index (Phi) is 6.45. The first-order chi connectivity index (χ1) is 16.2. The largest absolute Gasteiger partial charge is 0.497 e. The molecule has 4 rings (SSSR count). The van der Waals surface area contributed by atoms with Crippen LogP contribution in [0.3, 0.4) is 0 Å². The molecule has 0 fully saturated rings. The molecule has 7 heteroatoms. The van der Waals surface area contributed by atoms with Gasteiger partial charge in [-0.15, -0.1) is 0 Å². The molecule has 0 saturated heterocycles. The highest BCUT2D eigenvalue weighted by atomic mass is 16.5. The molecule has 2 heterocycles. The van der Waals surface area contributed by atoms with E-state index >= 15 is 0 Å². The Morgan fingerprint density at radius 2 is 1.94 bits per heavy atom. The number of carbonyl (C=O) groups is 2. The average molecular weight is 461 g/mol. The number of hydrogen-bond acceptors (Lipinski definition) is 5. The molecule has 0 aliphatic carbocycles. The molecule has 34 heavy (non-hydrogen) atoms. The highest BCUT2D eigenvalue weighted by Gasteiger charge is 2.35. The zero-order chi connectivity index (χ0) is 24.3. The third-order valence-corrected chi connectivity index (χ3v) is 5.58. The number of benzene rings is 2. The summed E-state index contributed by atoms with van der Waals surface area (Å²) in [6.07, 6.45) is 3.56. The quantitative estimate of drug-likeness (QED) is 0.517. The van der Waals surface area contributed by atoms with Crippen molar-refractivity contribution in [3.05, 3.63) is 89.0 Å². The molecule has 176 valence electrons.